The van der Waals surface area contributed by atoms with Crippen LogP contribution in [0.5, 0.6) is 0 Å². The van der Waals surface area contributed by atoms with Crippen molar-refractivity contribution in [3.63, 3.8) is 0 Å². The molecule has 2 aromatic heterocycles. The van der Waals surface area contributed by atoms with Gasteiger partial charge in [-0.2, -0.15) is 0 Å². The topological polar surface area (TPSA) is 70.4 Å². The molecule has 2 heterocycles. The Bertz CT molecular complexity index is 503. The van der Waals surface area contributed by atoms with Gasteiger partial charge in [0, 0.05) is 17.7 Å². The van der Waals surface area contributed by atoms with Crippen molar-refractivity contribution in [3.05, 3.63) is 23.7 Å². The van der Waals surface area contributed by atoms with E-state index in [0.717, 1.165) is 0 Å². The highest BCUT2D eigenvalue weighted by Gasteiger charge is 2.20. The number of hydrogen-bond donors (Lipinski definition) is 2. The average Bonchev–Trinajstić information content (AvgIpc) is 2.91. The summed E-state index contributed by atoms with van der Waals surface area (Å²) in [6.07, 6.45) is 6.53. The molecule has 0 atom stereocenters. The van der Waals surface area contributed by atoms with E-state index < -0.39 is 5.97 Å². The molecule has 84 valence electrons. The minimum Gasteiger partial charge on any atom is -0.476 e. The number of carboxylic acid groups (broad SMARTS) is 1. The third kappa shape index (κ3) is 1.39. The summed E-state index contributed by atoms with van der Waals surface area (Å²) in [5.41, 5.74) is 1.96. The molecule has 5 heteroatoms. The zero-order chi connectivity index (χ0) is 11.1. The number of rotatable bonds is 2. The molecule has 0 aliphatic heterocycles. The van der Waals surface area contributed by atoms with Crippen molar-refractivity contribution in [1.82, 2.24) is 14.6 Å². The smallest absolute Gasteiger partial charge is 0.356 e. The molecule has 0 saturated heterocycles. The van der Waals surface area contributed by atoms with Crippen molar-refractivity contribution in [1.29, 1.82) is 0 Å². The van der Waals surface area contributed by atoms with Crippen LogP contribution < -0.4 is 0 Å². The summed E-state index contributed by atoms with van der Waals surface area (Å²) in [6.45, 7) is 0. The van der Waals surface area contributed by atoms with Gasteiger partial charge in [-0.3, -0.25) is 5.10 Å². The number of aromatic amines is 1. The normalized spacial score (nSPS) is 17.2. The van der Waals surface area contributed by atoms with Crippen LogP contribution in [0.1, 0.15) is 47.8 Å². The van der Waals surface area contributed by atoms with Gasteiger partial charge in [-0.1, -0.05) is 12.8 Å². The van der Waals surface area contributed by atoms with Crippen molar-refractivity contribution in [2.24, 2.45) is 0 Å². The maximum Gasteiger partial charge on any atom is 0.356 e. The molecule has 3 rings (SSSR count). The summed E-state index contributed by atoms with van der Waals surface area (Å²) < 4.78 is 1.69. The molecule has 0 aromatic carbocycles. The number of carboxylic acids is 1. The van der Waals surface area contributed by atoms with Crippen LogP contribution in [0.15, 0.2) is 12.3 Å². The zero-order valence-corrected chi connectivity index (χ0v) is 8.81. The summed E-state index contributed by atoms with van der Waals surface area (Å²) in [6, 6.07) is 1.96. The molecular formula is C11H13N3O2. The molecule has 1 aliphatic rings. The van der Waals surface area contributed by atoms with Gasteiger partial charge < -0.3 is 5.11 Å². The molecule has 0 spiro atoms. The van der Waals surface area contributed by atoms with Crippen LogP contribution in [-0.4, -0.2) is 25.7 Å². The summed E-state index contributed by atoms with van der Waals surface area (Å²) in [4.78, 5) is 14.8. The number of fused-ring (bicyclic) bond motifs is 1. The highest BCUT2D eigenvalue weighted by Crippen LogP contribution is 2.33. The third-order valence-electron chi connectivity index (χ3n) is 3.28. The summed E-state index contributed by atoms with van der Waals surface area (Å²) in [7, 11) is 0. The van der Waals surface area contributed by atoms with E-state index in [4.69, 9.17) is 5.11 Å². The van der Waals surface area contributed by atoms with Crippen LogP contribution in [0.3, 0.4) is 0 Å². The highest BCUT2D eigenvalue weighted by atomic mass is 16.4. The van der Waals surface area contributed by atoms with Crippen molar-refractivity contribution in [2.45, 2.75) is 31.6 Å². The maximum atomic E-state index is 10.7. The Morgan fingerprint density at radius 3 is 2.88 bits per heavy atom. The zero-order valence-electron chi connectivity index (χ0n) is 8.81. The van der Waals surface area contributed by atoms with Gasteiger partial charge in [0.05, 0.1) is 6.20 Å². The average molecular weight is 219 g/mol. The number of nitrogens with one attached hydrogen (secondary N) is 1. The third-order valence-corrected chi connectivity index (χ3v) is 3.28. The van der Waals surface area contributed by atoms with Gasteiger partial charge in [0.25, 0.3) is 0 Å². The molecule has 1 saturated carbocycles. The van der Waals surface area contributed by atoms with Crippen LogP contribution in [0, 0.1) is 0 Å². The largest absolute Gasteiger partial charge is 0.476 e. The van der Waals surface area contributed by atoms with Crippen LogP contribution >= 0.6 is 0 Å². The van der Waals surface area contributed by atoms with Gasteiger partial charge in [-0.25, -0.2) is 14.3 Å². The van der Waals surface area contributed by atoms with E-state index in [1.54, 1.807) is 4.52 Å². The molecule has 0 unspecified atom stereocenters. The van der Waals surface area contributed by atoms with Gasteiger partial charge in [0.2, 0.25) is 0 Å². The Hall–Kier alpha value is -1.78. The molecule has 0 radical (unpaired) electrons. The first-order valence-corrected chi connectivity index (χ1v) is 5.55. The van der Waals surface area contributed by atoms with E-state index in [9.17, 15) is 4.79 Å². The first-order chi connectivity index (χ1) is 7.74. The highest BCUT2D eigenvalue weighted by molar-refractivity contribution is 5.86. The fraction of sp³-hybridized carbons (Fsp3) is 0.455. The Morgan fingerprint density at radius 2 is 2.25 bits per heavy atom. The molecule has 1 aliphatic carbocycles. The molecule has 0 bridgehead atoms. The van der Waals surface area contributed by atoms with Crippen molar-refractivity contribution in [3.8, 4) is 0 Å². The molecule has 2 N–H and O–H groups in total. The van der Waals surface area contributed by atoms with Gasteiger partial charge in [-0.15, -0.1) is 0 Å². The van der Waals surface area contributed by atoms with Gasteiger partial charge in [-0.05, 0) is 12.8 Å². The second-order valence-electron chi connectivity index (χ2n) is 4.35. The molecule has 1 fully saturated rings. The second kappa shape index (κ2) is 3.37. The molecule has 2 aromatic rings. The number of nitrogens with zero attached hydrogens (tertiary/aromatic N) is 2. The van der Waals surface area contributed by atoms with Gasteiger partial charge >= 0.3 is 5.97 Å². The van der Waals surface area contributed by atoms with Crippen molar-refractivity contribution < 1.29 is 9.90 Å². The van der Waals surface area contributed by atoms with Crippen LogP contribution in [0.25, 0.3) is 5.65 Å². The van der Waals surface area contributed by atoms with E-state index in [-0.39, 0.29) is 5.69 Å². The van der Waals surface area contributed by atoms with Crippen molar-refractivity contribution >= 4 is 11.6 Å². The predicted molar refractivity (Wildman–Crippen MR) is 57.7 cm³/mol. The molecule has 5 nitrogen and oxygen atoms in total. The summed E-state index contributed by atoms with van der Waals surface area (Å²) >= 11 is 0. The first kappa shape index (κ1) is 9.45. The van der Waals surface area contributed by atoms with Gasteiger partial charge in [0.1, 0.15) is 0 Å². The number of aromatic nitrogens is 3. The maximum absolute atomic E-state index is 10.7. The lowest BCUT2D eigenvalue weighted by atomic mass is 10.1. The Morgan fingerprint density at radius 1 is 1.50 bits per heavy atom. The summed E-state index contributed by atoms with van der Waals surface area (Å²) in [5, 5.41) is 12.0. The molecule has 0 amide bonds. The fourth-order valence-corrected chi connectivity index (χ4v) is 2.45. The lowest BCUT2D eigenvalue weighted by Gasteiger charge is -2.03. The standard InChI is InChI=1S/C11H13N3O2/c15-11(16)9-6-14-10(12-9)5-8(13-14)7-3-1-2-4-7/h5-7,13H,1-4H2,(H,15,16). The Labute approximate surface area is 92.1 Å². The molecular weight excluding hydrogens is 206 g/mol. The van der Waals surface area contributed by atoms with E-state index in [0.29, 0.717) is 11.6 Å². The van der Waals surface area contributed by atoms with Crippen LogP contribution in [-0.2, 0) is 0 Å². The first-order valence-electron chi connectivity index (χ1n) is 5.55. The van der Waals surface area contributed by atoms with E-state index >= 15 is 0 Å². The minimum atomic E-state index is -0.987. The minimum absolute atomic E-state index is 0.0872. The Kier molecular flexibility index (Phi) is 1.99. The monoisotopic (exact) mass is 219 g/mol. The quantitative estimate of drug-likeness (QED) is 0.811. The number of H-pyrrole nitrogens is 1. The van der Waals surface area contributed by atoms with Crippen LogP contribution in [0.2, 0.25) is 0 Å². The lowest BCUT2D eigenvalue weighted by molar-refractivity contribution is 0.0691. The van der Waals surface area contributed by atoms with E-state index in [2.05, 4.69) is 10.1 Å². The number of carbonyl (C=O) groups is 1. The number of hydrogen-bond acceptors (Lipinski definition) is 2. The predicted octanol–water partition coefficient (Wildman–Crippen LogP) is 2.02. The summed E-state index contributed by atoms with van der Waals surface area (Å²) in [5.74, 6) is -0.394. The number of aromatic carboxylic acids is 1. The van der Waals surface area contributed by atoms with E-state index in [1.165, 1.54) is 37.6 Å². The molecule has 16 heavy (non-hydrogen) atoms. The lowest BCUT2D eigenvalue weighted by Crippen LogP contribution is -1.97. The SMILES string of the molecule is O=C(O)c1cn2[nH]c(C3CCCC3)cc2n1. The number of imidazole rings is 1. The van der Waals surface area contributed by atoms with Crippen molar-refractivity contribution in [2.75, 3.05) is 0 Å². The Balaban J connectivity index is 1.98. The van der Waals surface area contributed by atoms with E-state index in [1.807, 2.05) is 6.07 Å². The fourth-order valence-electron chi connectivity index (χ4n) is 2.45. The second-order valence-corrected chi connectivity index (χ2v) is 4.35. The van der Waals surface area contributed by atoms with Crippen LogP contribution in [0.4, 0.5) is 0 Å². The van der Waals surface area contributed by atoms with Gasteiger partial charge in [0.15, 0.2) is 11.3 Å².